The molecule has 0 unspecified atom stereocenters. The van der Waals surface area contributed by atoms with Crippen LogP contribution in [0, 0.1) is 5.82 Å². The summed E-state index contributed by atoms with van der Waals surface area (Å²) in [4.78, 5) is 13.3. The van der Waals surface area contributed by atoms with Crippen molar-refractivity contribution in [3.05, 3.63) is 42.3 Å². The first-order chi connectivity index (χ1) is 10.6. The van der Waals surface area contributed by atoms with Gasteiger partial charge in [-0.3, -0.25) is 0 Å². The lowest BCUT2D eigenvalue weighted by atomic mass is 10.3. The second-order valence-corrected chi connectivity index (χ2v) is 4.67. The van der Waals surface area contributed by atoms with Crippen molar-refractivity contribution in [3.63, 3.8) is 0 Å². The summed E-state index contributed by atoms with van der Waals surface area (Å²) in [5, 5.41) is 3.19. The normalized spacial score (nSPS) is 10.7. The molecule has 1 N–H and O–H groups in total. The van der Waals surface area contributed by atoms with E-state index in [1.807, 2.05) is 30.3 Å². The molecule has 1 aromatic carbocycles. The lowest BCUT2D eigenvalue weighted by Gasteiger charge is -2.08. The fourth-order valence-corrected chi connectivity index (χ4v) is 1.57. The highest BCUT2D eigenvalue weighted by atomic mass is 19.1. The van der Waals surface area contributed by atoms with Crippen LogP contribution >= 0.6 is 0 Å². The number of aromatic nitrogens is 2. The molecule has 0 spiro atoms. The molecule has 0 atom stereocenters. The van der Waals surface area contributed by atoms with Crippen LogP contribution in [0.5, 0.6) is 6.01 Å². The zero-order chi connectivity index (χ0) is 15.8. The van der Waals surface area contributed by atoms with Gasteiger partial charge in [-0.1, -0.05) is 18.2 Å². The van der Waals surface area contributed by atoms with Crippen molar-refractivity contribution < 1.29 is 9.13 Å². The largest absolute Gasteiger partial charge is 0.462 e. The van der Waals surface area contributed by atoms with Gasteiger partial charge in [-0.2, -0.15) is 4.98 Å². The molecule has 0 radical (unpaired) electrons. The summed E-state index contributed by atoms with van der Waals surface area (Å²) >= 11 is 0. The van der Waals surface area contributed by atoms with Crippen molar-refractivity contribution in [3.8, 4) is 6.01 Å². The zero-order valence-electron chi connectivity index (χ0n) is 12.5. The van der Waals surface area contributed by atoms with Crippen LogP contribution in [-0.2, 0) is 0 Å². The molecule has 0 aliphatic carbocycles. The number of para-hydroxylation sites is 1. The Morgan fingerprint density at radius 3 is 2.82 bits per heavy atom. The van der Waals surface area contributed by atoms with Crippen LogP contribution in [0.1, 0.15) is 0 Å². The summed E-state index contributed by atoms with van der Waals surface area (Å²) in [6.07, 6.45) is 2.52. The second kappa shape index (κ2) is 7.92. The average Bonchev–Trinajstić information content (AvgIpc) is 2.52. The maximum absolute atomic E-state index is 13.5. The van der Waals surface area contributed by atoms with Gasteiger partial charge in [0.15, 0.2) is 11.6 Å². The van der Waals surface area contributed by atoms with Gasteiger partial charge in [0.1, 0.15) is 6.61 Å². The van der Waals surface area contributed by atoms with E-state index >= 15 is 0 Å². The van der Waals surface area contributed by atoms with Gasteiger partial charge in [0.2, 0.25) is 0 Å². The van der Waals surface area contributed by atoms with Crippen molar-refractivity contribution in [2.75, 3.05) is 32.6 Å². The third kappa shape index (κ3) is 5.01. The summed E-state index contributed by atoms with van der Waals surface area (Å²) in [7, 11) is 3.57. The van der Waals surface area contributed by atoms with Crippen LogP contribution in [0.25, 0.3) is 0 Å². The van der Waals surface area contributed by atoms with Crippen molar-refractivity contribution in [2.45, 2.75) is 0 Å². The molecule has 0 saturated heterocycles. The lowest BCUT2D eigenvalue weighted by molar-refractivity contribution is 0.305. The predicted octanol–water partition coefficient (Wildman–Crippen LogP) is 2.33. The molecule has 6 nitrogen and oxygen atoms in total. The molecule has 0 aliphatic rings. The fourth-order valence-electron chi connectivity index (χ4n) is 1.57. The van der Waals surface area contributed by atoms with Gasteiger partial charge >= 0.3 is 6.01 Å². The molecule has 116 valence electrons. The Kier molecular flexibility index (Phi) is 5.65. The minimum atomic E-state index is -0.590. The van der Waals surface area contributed by atoms with Gasteiger partial charge in [-0.25, -0.2) is 14.4 Å². The van der Waals surface area contributed by atoms with E-state index in [1.165, 1.54) is 6.34 Å². The average molecular weight is 303 g/mol. The van der Waals surface area contributed by atoms with Gasteiger partial charge < -0.3 is 15.0 Å². The molecule has 7 heteroatoms. The zero-order valence-corrected chi connectivity index (χ0v) is 12.5. The minimum absolute atomic E-state index is 0.0466. The second-order valence-electron chi connectivity index (χ2n) is 4.67. The number of hydrogen-bond donors (Lipinski definition) is 1. The smallest absolute Gasteiger partial charge is 0.318 e. The van der Waals surface area contributed by atoms with E-state index in [-0.39, 0.29) is 11.8 Å². The van der Waals surface area contributed by atoms with E-state index in [2.05, 4.69) is 20.3 Å². The molecule has 22 heavy (non-hydrogen) atoms. The highest BCUT2D eigenvalue weighted by Gasteiger charge is 2.06. The molecule has 0 bridgehead atoms. The lowest BCUT2D eigenvalue weighted by Crippen LogP contribution is -2.12. The molecule has 1 aromatic heterocycles. The molecule has 2 aromatic rings. The molecule has 0 aliphatic heterocycles. The van der Waals surface area contributed by atoms with Gasteiger partial charge in [-0.15, -0.1) is 0 Å². The van der Waals surface area contributed by atoms with Crippen LogP contribution in [0.3, 0.4) is 0 Å². The van der Waals surface area contributed by atoms with E-state index < -0.39 is 5.82 Å². The first-order valence-electron chi connectivity index (χ1n) is 6.80. The molecule has 0 amide bonds. The van der Waals surface area contributed by atoms with Gasteiger partial charge in [0.25, 0.3) is 0 Å². The topological polar surface area (TPSA) is 62.6 Å². The third-order valence-electron chi connectivity index (χ3n) is 2.55. The number of hydrogen-bond acceptors (Lipinski definition) is 5. The van der Waals surface area contributed by atoms with Crippen LogP contribution in [0.2, 0.25) is 0 Å². The van der Waals surface area contributed by atoms with Gasteiger partial charge in [0.05, 0.1) is 12.5 Å². The fraction of sp³-hybridized carbons (Fsp3) is 0.267. The molecular formula is C15H18FN5O. The summed E-state index contributed by atoms with van der Waals surface area (Å²) < 4.78 is 18.9. The quantitative estimate of drug-likeness (QED) is 0.483. The number of nitrogens with zero attached hydrogens (tertiary/aromatic N) is 4. The number of nitrogens with one attached hydrogen (secondary N) is 1. The first kappa shape index (κ1) is 15.7. The van der Waals surface area contributed by atoms with Gasteiger partial charge in [-0.05, 0) is 12.1 Å². The maximum Gasteiger partial charge on any atom is 0.318 e. The Balaban J connectivity index is 1.86. The minimum Gasteiger partial charge on any atom is -0.462 e. The van der Waals surface area contributed by atoms with E-state index in [1.54, 1.807) is 19.0 Å². The summed E-state index contributed by atoms with van der Waals surface area (Å²) in [5.41, 5.74) is 1.00. The molecule has 0 saturated carbocycles. The number of ether oxygens (including phenoxy) is 1. The Hall–Kier alpha value is -2.70. The van der Waals surface area contributed by atoms with Crippen molar-refractivity contribution >= 4 is 17.8 Å². The first-order valence-corrected chi connectivity index (χ1v) is 6.80. The van der Waals surface area contributed by atoms with Crippen LogP contribution < -0.4 is 10.1 Å². The SMILES string of the molecule is CN(C)C=Nc1nc(OCCNc2ccccc2)ncc1F. The standard InChI is InChI=1S/C15H18FN5O/c1-21(2)11-19-14-13(16)10-18-15(20-14)22-9-8-17-12-6-4-3-5-7-12/h3-7,10-11,17H,8-9H2,1-2H3. The Morgan fingerprint density at radius 2 is 2.09 bits per heavy atom. The summed E-state index contributed by atoms with van der Waals surface area (Å²) in [6.45, 7) is 0.943. The van der Waals surface area contributed by atoms with Crippen LogP contribution in [0.15, 0.2) is 41.5 Å². The number of aliphatic imine (C=N–C) groups is 1. The number of benzene rings is 1. The van der Waals surface area contributed by atoms with E-state index in [4.69, 9.17) is 4.74 Å². The van der Waals surface area contributed by atoms with E-state index in [0.717, 1.165) is 11.9 Å². The van der Waals surface area contributed by atoms with Crippen molar-refractivity contribution in [1.29, 1.82) is 0 Å². The Labute approximate surface area is 128 Å². The van der Waals surface area contributed by atoms with Crippen molar-refractivity contribution in [1.82, 2.24) is 14.9 Å². The van der Waals surface area contributed by atoms with Crippen molar-refractivity contribution in [2.24, 2.45) is 4.99 Å². The van der Waals surface area contributed by atoms with Crippen LogP contribution in [-0.4, -0.2) is 48.5 Å². The third-order valence-corrected chi connectivity index (χ3v) is 2.55. The molecule has 2 rings (SSSR count). The highest BCUT2D eigenvalue weighted by Crippen LogP contribution is 2.16. The molecular weight excluding hydrogens is 285 g/mol. The molecule has 0 fully saturated rings. The number of halogens is 1. The Bertz CT molecular complexity index is 619. The highest BCUT2D eigenvalue weighted by molar-refractivity contribution is 5.59. The van der Waals surface area contributed by atoms with E-state index in [0.29, 0.717) is 13.2 Å². The molecule has 1 heterocycles. The maximum atomic E-state index is 13.5. The number of rotatable bonds is 7. The predicted molar refractivity (Wildman–Crippen MR) is 84.3 cm³/mol. The summed E-state index contributed by atoms with van der Waals surface area (Å²) in [5.74, 6) is -0.637. The van der Waals surface area contributed by atoms with E-state index in [9.17, 15) is 4.39 Å². The number of anilines is 1. The monoisotopic (exact) mass is 303 g/mol. The van der Waals surface area contributed by atoms with Crippen LogP contribution in [0.4, 0.5) is 15.9 Å². The Morgan fingerprint density at radius 1 is 1.32 bits per heavy atom. The van der Waals surface area contributed by atoms with Gasteiger partial charge in [0, 0.05) is 26.3 Å². The summed E-state index contributed by atoms with van der Waals surface area (Å²) in [6, 6.07) is 9.86.